The molecule has 2 aromatic heterocycles. The fourth-order valence-electron chi connectivity index (χ4n) is 2.98. The molecule has 0 saturated heterocycles. The van der Waals surface area contributed by atoms with Gasteiger partial charge in [0.15, 0.2) is 0 Å². The van der Waals surface area contributed by atoms with Gasteiger partial charge in [0.25, 0.3) is 5.91 Å². The molecule has 5 nitrogen and oxygen atoms in total. The number of hydrogen-bond acceptors (Lipinski definition) is 3. The molecular formula is C19H20ClN3O2. The van der Waals surface area contributed by atoms with Crippen LogP contribution in [0.2, 0.25) is 5.02 Å². The number of nitrogens with zero attached hydrogens (tertiary/aromatic N) is 3. The van der Waals surface area contributed by atoms with Gasteiger partial charge in [0.05, 0.1) is 12.1 Å². The van der Waals surface area contributed by atoms with Crippen molar-refractivity contribution in [3.8, 4) is 5.69 Å². The highest BCUT2D eigenvalue weighted by Crippen LogP contribution is 2.23. The van der Waals surface area contributed by atoms with Gasteiger partial charge in [-0.05, 0) is 51.1 Å². The Kier molecular flexibility index (Phi) is 4.68. The summed E-state index contributed by atoms with van der Waals surface area (Å²) in [6, 6.07) is 11.3. The van der Waals surface area contributed by atoms with Crippen molar-refractivity contribution < 1.29 is 9.32 Å². The van der Waals surface area contributed by atoms with Crippen LogP contribution in [0.25, 0.3) is 5.69 Å². The molecular weight excluding hydrogens is 338 g/mol. The van der Waals surface area contributed by atoms with Crippen LogP contribution in [0.15, 0.2) is 40.9 Å². The molecule has 0 N–H and O–H groups in total. The first-order chi connectivity index (χ1) is 11.9. The van der Waals surface area contributed by atoms with Crippen LogP contribution in [-0.2, 0) is 6.54 Å². The van der Waals surface area contributed by atoms with E-state index in [1.807, 2.05) is 57.2 Å². The number of carbonyl (C=O) groups excluding carboxylic acids is 1. The van der Waals surface area contributed by atoms with E-state index in [0.717, 1.165) is 28.5 Å². The SMILES string of the molecule is Cc1cc(CN(C)C(=O)c2cc(C)n(-c3ccc(Cl)cc3)c2C)no1. The number of halogens is 1. The van der Waals surface area contributed by atoms with E-state index in [9.17, 15) is 4.79 Å². The normalized spacial score (nSPS) is 10.9. The van der Waals surface area contributed by atoms with Gasteiger partial charge in [0.2, 0.25) is 0 Å². The van der Waals surface area contributed by atoms with Crippen molar-refractivity contribution in [1.82, 2.24) is 14.6 Å². The molecule has 2 heterocycles. The molecule has 0 spiro atoms. The molecule has 3 aromatic rings. The number of amides is 1. The van der Waals surface area contributed by atoms with Gasteiger partial charge in [-0.1, -0.05) is 16.8 Å². The lowest BCUT2D eigenvalue weighted by molar-refractivity contribution is 0.0781. The summed E-state index contributed by atoms with van der Waals surface area (Å²) in [7, 11) is 1.76. The fourth-order valence-corrected chi connectivity index (χ4v) is 3.11. The standard InChI is InChI=1S/C19H20ClN3O2/c1-12-9-18(14(3)23(12)17-7-5-15(20)6-8-17)19(24)22(4)11-16-10-13(2)25-21-16/h5-10H,11H2,1-4H3. The minimum Gasteiger partial charge on any atom is -0.361 e. The quantitative estimate of drug-likeness (QED) is 0.698. The Morgan fingerprint density at radius 3 is 2.48 bits per heavy atom. The molecule has 0 unspecified atom stereocenters. The van der Waals surface area contributed by atoms with Gasteiger partial charge in [-0.15, -0.1) is 0 Å². The van der Waals surface area contributed by atoms with Gasteiger partial charge < -0.3 is 14.0 Å². The first-order valence-electron chi connectivity index (χ1n) is 7.99. The van der Waals surface area contributed by atoms with Gasteiger partial charge in [-0.3, -0.25) is 4.79 Å². The molecule has 3 rings (SSSR count). The second kappa shape index (κ2) is 6.76. The number of aromatic nitrogens is 2. The minimum atomic E-state index is -0.0473. The van der Waals surface area contributed by atoms with Crippen LogP contribution in [0.3, 0.4) is 0 Å². The number of carbonyl (C=O) groups is 1. The molecule has 0 radical (unpaired) electrons. The van der Waals surface area contributed by atoms with Crippen LogP contribution < -0.4 is 0 Å². The largest absolute Gasteiger partial charge is 0.361 e. The summed E-state index contributed by atoms with van der Waals surface area (Å²) < 4.78 is 7.12. The van der Waals surface area contributed by atoms with E-state index in [2.05, 4.69) is 9.72 Å². The molecule has 1 aromatic carbocycles. The summed E-state index contributed by atoms with van der Waals surface area (Å²) in [5, 5.41) is 4.63. The topological polar surface area (TPSA) is 51.3 Å². The maximum atomic E-state index is 12.9. The van der Waals surface area contributed by atoms with Crippen molar-refractivity contribution in [2.24, 2.45) is 0 Å². The average molecular weight is 358 g/mol. The van der Waals surface area contributed by atoms with Crippen molar-refractivity contribution >= 4 is 17.5 Å². The van der Waals surface area contributed by atoms with E-state index in [1.54, 1.807) is 11.9 Å². The molecule has 0 atom stereocenters. The third-order valence-electron chi connectivity index (χ3n) is 4.17. The molecule has 0 saturated carbocycles. The predicted molar refractivity (Wildman–Crippen MR) is 97.3 cm³/mol. The van der Waals surface area contributed by atoms with Gasteiger partial charge >= 0.3 is 0 Å². The van der Waals surface area contributed by atoms with Crippen LogP contribution in [0.5, 0.6) is 0 Å². The van der Waals surface area contributed by atoms with Gasteiger partial charge in [-0.2, -0.15) is 0 Å². The summed E-state index contributed by atoms with van der Waals surface area (Å²) in [4.78, 5) is 14.5. The minimum absolute atomic E-state index is 0.0473. The highest BCUT2D eigenvalue weighted by Gasteiger charge is 2.20. The number of rotatable bonds is 4. The second-order valence-electron chi connectivity index (χ2n) is 6.19. The Hall–Kier alpha value is -2.53. The molecule has 0 bridgehead atoms. The molecule has 0 aliphatic carbocycles. The first kappa shape index (κ1) is 17.3. The molecule has 130 valence electrons. The van der Waals surface area contributed by atoms with Crippen molar-refractivity contribution in [2.75, 3.05) is 7.05 Å². The Labute approximate surface area is 151 Å². The van der Waals surface area contributed by atoms with E-state index in [0.29, 0.717) is 17.1 Å². The highest BCUT2D eigenvalue weighted by molar-refractivity contribution is 6.30. The molecule has 0 aliphatic heterocycles. The summed E-state index contributed by atoms with van der Waals surface area (Å²) in [6.45, 7) is 6.17. The maximum absolute atomic E-state index is 12.9. The zero-order valence-corrected chi connectivity index (χ0v) is 15.5. The van der Waals surface area contributed by atoms with E-state index < -0.39 is 0 Å². The molecule has 0 fully saturated rings. The van der Waals surface area contributed by atoms with Gasteiger partial charge in [0.1, 0.15) is 11.5 Å². The van der Waals surface area contributed by atoms with Crippen molar-refractivity contribution in [1.29, 1.82) is 0 Å². The van der Waals surface area contributed by atoms with E-state index in [-0.39, 0.29) is 5.91 Å². The second-order valence-corrected chi connectivity index (χ2v) is 6.62. The van der Waals surface area contributed by atoms with Gasteiger partial charge in [0, 0.05) is 35.2 Å². The maximum Gasteiger partial charge on any atom is 0.255 e. The van der Waals surface area contributed by atoms with E-state index in [4.69, 9.17) is 16.1 Å². The molecule has 1 amide bonds. The Balaban J connectivity index is 1.88. The Morgan fingerprint density at radius 1 is 1.20 bits per heavy atom. The van der Waals surface area contributed by atoms with Crippen LogP contribution in [-0.4, -0.2) is 27.6 Å². The zero-order valence-electron chi connectivity index (χ0n) is 14.7. The first-order valence-corrected chi connectivity index (χ1v) is 8.37. The van der Waals surface area contributed by atoms with Crippen LogP contribution >= 0.6 is 11.6 Å². The number of aryl methyl sites for hydroxylation is 2. The lowest BCUT2D eigenvalue weighted by Crippen LogP contribution is -2.26. The summed E-state index contributed by atoms with van der Waals surface area (Å²) >= 11 is 5.97. The summed E-state index contributed by atoms with van der Waals surface area (Å²) in [6.07, 6.45) is 0. The lowest BCUT2D eigenvalue weighted by Gasteiger charge is -2.16. The average Bonchev–Trinajstić information content (AvgIpc) is 3.11. The fraction of sp³-hybridized carbons (Fsp3) is 0.263. The van der Waals surface area contributed by atoms with E-state index in [1.165, 1.54) is 0 Å². The molecule has 25 heavy (non-hydrogen) atoms. The molecule has 6 heteroatoms. The highest BCUT2D eigenvalue weighted by atomic mass is 35.5. The van der Waals surface area contributed by atoms with Crippen molar-refractivity contribution in [3.05, 3.63) is 69.8 Å². The summed E-state index contributed by atoms with van der Waals surface area (Å²) in [5.41, 5.74) is 4.28. The van der Waals surface area contributed by atoms with Crippen molar-refractivity contribution in [2.45, 2.75) is 27.3 Å². The number of hydrogen-bond donors (Lipinski definition) is 0. The van der Waals surface area contributed by atoms with Crippen LogP contribution in [0, 0.1) is 20.8 Å². The Bertz CT molecular complexity index is 909. The van der Waals surface area contributed by atoms with E-state index >= 15 is 0 Å². The van der Waals surface area contributed by atoms with Crippen LogP contribution in [0.1, 0.15) is 33.2 Å². The lowest BCUT2D eigenvalue weighted by atomic mass is 10.2. The van der Waals surface area contributed by atoms with Crippen LogP contribution in [0.4, 0.5) is 0 Å². The zero-order chi connectivity index (χ0) is 18.1. The Morgan fingerprint density at radius 2 is 1.88 bits per heavy atom. The monoisotopic (exact) mass is 357 g/mol. The predicted octanol–water partition coefficient (Wildman–Crippen LogP) is 4.32. The van der Waals surface area contributed by atoms with Gasteiger partial charge in [-0.25, -0.2) is 0 Å². The third-order valence-corrected chi connectivity index (χ3v) is 4.42. The van der Waals surface area contributed by atoms with Crippen molar-refractivity contribution in [3.63, 3.8) is 0 Å². The summed E-state index contributed by atoms with van der Waals surface area (Å²) in [5.74, 6) is 0.686. The third kappa shape index (κ3) is 3.46. The smallest absolute Gasteiger partial charge is 0.255 e. The number of benzene rings is 1. The molecule has 0 aliphatic rings.